The highest BCUT2D eigenvalue weighted by atomic mass is 31.0. The molecule has 6 heteroatoms. The van der Waals surface area contributed by atoms with Crippen molar-refractivity contribution in [1.82, 2.24) is 15.0 Å². The molecule has 2 heterocycles. The number of aromatic nitrogens is 2. The molecule has 3 atom stereocenters. The molecule has 1 aliphatic rings. The molecule has 0 aromatic carbocycles. The highest BCUT2D eigenvalue weighted by molar-refractivity contribution is 7.16. The zero-order valence-electron chi connectivity index (χ0n) is 13.9. The number of aryl methyl sites for hydroxylation is 1. The second kappa shape index (κ2) is 8.76. The van der Waals surface area contributed by atoms with Gasteiger partial charge in [-0.25, -0.2) is 15.0 Å². The van der Waals surface area contributed by atoms with Gasteiger partial charge in [-0.1, -0.05) is 13.8 Å². The van der Waals surface area contributed by atoms with E-state index in [-0.39, 0.29) is 0 Å². The highest BCUT2D eigenvalue weighted by Gasteiger charge is 2.33. The number of piperazine rings is 1. The van der Waals surface area contributed by atoms with Crippen molar-refractivity contribution in [2.75, 3.05) is 24.2 Å². The van der Waals surface area contributed by atoms with Crippen molar-refractivity contribution in [3.8, 4) is 0 Å². The van der Waals surface area contributed by atoms with Crippen LogP contribution in [-0.4, -0.2) is 46.3 Å². The maximum absolute atomic E-state index is 6.08. The molecular formula is C16H30N5P. The second-order valence-corrected chi connectivity index (χ2v) is 6.66. The average molecular weight is 323 g/mol. The summed E-state index contributed by atoms with van der Waals surface area (Å²) >= 11 is 0. The van der Waals surface area contributed by atoms with Crippen molar-refractivity contribution in [3.05, 3.63) is 18.0 Å². The molecule has 1 fully saturated rings. The molecule has 1 aromatic heterocycles. The van der Waals surface area contributed by atoms with Crippen LogP contribution in [0.1, 0.15) is 45.2 Å². The number of unbranched alkanes of at least 4 members (excludes halogenated alkanes) is 1. The van der Waals surface area contributed by atoms with Gasteiger partial charge >= 0.3 is 0 Å². The molecule has 0 spiro atoms. The monoisotopic (exact) mass is 323 g/mol. The molecule has 22 heavy (non-hydrogen) atoms. The van der Waals surface area contributed by atoms with Crippen molar-refractivity contribution in [1.29, 1.82) is 0 Å². The molecule has 0 amide bonds. The van der Waals surface area contributed by atoms with E-state index in [2.05, 4.69) is 33.0 Å². The largest absolute Gasteiger partial charge is 0.332 e. The third-order valence-electron chi connectivity index (χ3n) is 4.44. The Hall–Kier alpha value is -0.770. The van der Waals surface area contributed by atoms with Gasteiger partial charge in [-0.15, -0.1) is 9.24 Å². The quantitative estimate of drug-likeness (QED) is 0.474. The summed E-state index contributed by atoms with van der Waals surface area (Å²) in [6.07, 6.45) is 8.64. The molecule has 5 nitrogen and oxygen atoms in total. The van der Waals surface area contributed by atoms with Gasteiger partial charge in [0.15, 0.2) is 0 Å². The predicted molar refractivity (Wildman–Crippen MR) is 95.9 cm³/mol. The van der Waals surface area contributed by atoms with Gasteiger partial charge in [0.25, 0.3) is 0 Å². The van der Waals surface area contributed by atoms with E-state index in [4.69, 9.17) is 10.8 Å². The van der Waals surface area contributed by atoms with E-state index in [1.165, 1.54) is 12.8 Å². The number of rotatable bonds is 7. The van der Waals surface area contributed by atoms with Crippen LogP contribution in [0.15, 0.2) is 12.3 Å². The summed E-state index contributed by atoms with van der Waals surface area (Å²) < 4.78 is 0. The van der Waals surface area contributed by atoms with Crippen LogP contribution in [0.5, 0.6) is 0 Å². The lowest BCUT2D eigenvalue weighted by Gasteiger charge is -2.45. The Morgan fingerprint density at radius 1 is 1.23 bits per heavy atom. The van der Waals surface area contributed by atoms with Gasteiger partial charge in [-0.05, 0) is 44.3 Å². The Bertz CT molecular complexity index is 442. The Morgan fingerprint density at radius 3 is 2.50 bits per heavy atom. The fraction of sp³-hybridized carbons (Fsp3) is 0.750. The fourth-order valence-corrected chi connectivity index (χ4v) is 3.46. The second-order valence-electron chi connectivity index (χ2n) is 6.08. The van der Waals surface area contributed by atoms with Gasteiger partial charge in [0.05, 0.1) is 0 Å². The summed E-state index contributed by atoms with van der Waals surface area (Å²) in [7, 11) is 2.79. The average Bonchev–Trinajstić information content (AvgIpc) is 2.54. The molecule has 0 aliphatic carbocycles. The van der Waals surface area contributed by atoms with Crippen LogP contribution in [-0.2, 0) is 6.42 Å². The molecule has 0 radical (unpaired) electrons. The van der Waals surface area contributed by atoms with Gasteiger partial charge < -0.3 is 4.90 Å². The maximum Gasteiger partial charge on any atom is 0.226 e. The Balaban J connectivity index is 2.17. The molecule has 1 aliphatic heterocycles. The van der Waals surface area contributed by atoms with Gasteiger partial charge in [0.2, 0.25) is 5.95 Å². The zero-order valence-corrected chi connectivity index (χ0v) is 15.1. The maximum atomic E-state index is 6.08. The summed E-state index contributed by atoms with van der Waals surface area (Å²) in [5.41, 5.74) is 1.16. The van der Waals surface area contributed by atoms with Gasteiger partial charge in [-0.3, -0.25) is 5.84 Å². The number of hydrogen-bond donors (Lipinski definition) is 1. The predicted octanol–water partition coefficient (Wildman–Crippen LogP) is 2.23. The minimum absolute atomic E-state index is 0.394. The lowest BCUT2D eigenvalue weighted by molar-refractivity contribution is 0.185. The van der Waals surface area contributed by atoms with Crippen molar-refractivity contribution in [2.24, 2.45) is 5.84 Å². The van der Waals surface area contributed by atoms with Crippen LogP contribution < -0.4 is 10.7 Å². The summed E-state index contributed by atoms with van der Waals surface area (Å²) in [6.45, 7) is 6.19. The molecule has 0 bridgehead atoms. The SMILES string of the molecule is CCC1CN(N)CC(CC)N1c1nccc(CCCCP)n1. The van der Waals surface area contributed by atoms with Gasteiger partial charge in [0, 0.05) is 37.1 Å². The van der Waals surface area contributed by atoms with E-state index in [0.717, 1.165) is 50.2 Å². The van der Waals surface area contributed by atoms with Gasteiger partial charge in [-0.2, -0.15) is 0 Å². The van der Waals surface area contributed by atoms with Crippen LogP contribution in [0, 0.1) is 0 Å². The number of anilines is 1. The Kier molecular flexibility index (Phi) is 7.00. The Morgan fingerprint density at radius 2 is 1.91 bits per heavy atom. The van der Waals surface area contributed by atoms with E-state index in [9.17, 15) is 0 Å². The van der Waals surface area contributed by atoms with Crippen LogP contribution in [0.25, 0.3) is 0 Å². The molecule has 2 rings (SSSR count). The first kappa shape index (κ1) is 17.6. The first-order valence-corrected chi connectivity index (χ1v) is 9.31. The first-order chi connectivity index (χ1) is 10.7. The van der Waals surface area contributed by atoms with Gasteiger partial charge in [0.1, 0.15) is 0 Å². The topological polar surface area (TPSA) is 58.3 Å². The number of hydrogen-bond acceptors (Lipinski definition) is 5. The molecule has 0 saturated carbocycles. The van der Waals surface area contributed by atoms with Crippen molar-refractivity contribution < 1.29 is 0 Å². The Labute approximate surface area is 136 Å². The van der Waals surface area contributed by atoms with Crippen LogP contribution in [0.3, 0.4) is 0 Å². The molecular weight excluding hydrogens is 293 g/mol. The first-order valence-electron chi connectivity index (χ1n) is 8.49. The minimum Gasteiger partial charge on any atom is -0.332 e. The molecule has 2 N–H and O–H groups in total. The normalized spacial score (nSPS) is 23.0. The summed E-state index contributed by atoms with van der Waals surface area (Å²) in [5.74, 6) is 6.97. The lowest BCUT2D eigenvalue weighted by atomic mass is 10.0. The number of nitrogens with two attached hydrogens (primary N) is 1. The molecule has 124 valence electrons. The minimum atomic E-state index is 0.394. The standard InChI is InChI=1S/C16H30N5P/c1-3-14-11-20(17)12-15(4-2)21(14)16-18-9-8-13(19-16)7-5-6-10-22/h8-9,14-15H,3-7,10-12,17,22H2,1-2H3. The fourth-order valence-electron chi connectivity index (χ4n) is 3.17. The van der Waals surface area contributed by atoms with E-state index in [0.29, 0.717) is 12.1 Å². The smallest absolute Gasteiger partial charge is 0.226 e. The third kappa shape index (κ3) is 4.37. The summed E-state index contributed by atoms with van der Waals surface area (Å²) in [5, 5.41) is 1.95. The molecule has 3 unspecified atom stereocenters. The van der Waals surface area contributed by atoms with E-state index in [1.54, 1.807) is 0 Å². The summed E-state index contributed by atoms with van der Waals surface area (Å²) in [4.78, 5) is 11.8. The number of hydrazine groups is 1. The number of nitrogens with zero attached hydrogens (tertiary/aromatic N) is 4. The molecule has 1 saturated heterocycles. The van der Waals surface area contributed by atoms with Crippen LogP contribution in [0.2, 0.25) is 0 Å². The lowest BCUT2D eigenvalue weighted by Crippen LogP contribution is -2.61. The highest BCUT2D eigenvalue weighted by Crippen LogP contribution is 2.24. The van der Waals surface area contributed by atoms with Crippen molar-refractivity contribution in [2.45, 2.75) is 58.0 Å². The summed E-state index contributed by atoms with van der Waals surface area (Å²) in [6, 6.07) is 2.84. The zero-order chi connectivity index (χ0) is 15.9. The third-order valence-corrected chi connectivity index (χ3v) is 4.85. The van der Waals surface area contributed by atoms with Crippen LogP contribution >= 0.6 is 9.24 Å². The van der Waals surface area contributed by atoms with Crippen LogP contribution in [0.4, 0.5) is 5.95 Å². The van der Waals surface area contributed by atoms with E-state index < -0.39 is 0 Å². The van der Waals surface area contributed by atoms with E-state index >= 15 is 0 Å². The molecule has 1 aromatic rings. The van der Waals surface area contributed by atoms with E-state index in [1.807, 2.05) is 17.3 Å². The van der Waals surface area contributed by atoms with Crippen molar-refractivity contribution in [3.63, 3.8) is 0 Å². The van der Waals surface area contributed by atoms with Crippen molar-refractivity contribution >= 4 is 15.2 Å².